The molecule has 0 N–H and O–H groups in total. The molecule has 0 bridgehead atoms. The summed E-state index contributed by atoms with van der Waals surface area (Å²) in [4.78, 5) is 15.6. The molecule has 0 atom stereocenters. The number of benzene rings is 1. The lowest BCUT2D eigenvalue weighted by atomic mass is 10.0. The van der Waals surface area contributed by atoms with Crippen molar-refractivity contribution in [3.63, 3.8) is 0 Å². The number of hydrogen-bond donors (Lipinski definition) is 0. The van der Waals surface area contributed by atoms with E-state index in [2.05, 4.69) is 25.1 Å². The van der Waals surface area contributed by atoms with Crippen LogP contribution in [0, 0.1) is 13.8 Å². The fourth-order valence-corrected chi connectivity index (χ4v) is 2.88. The highest BCUT2D eigenvalue weighted by Crippen LogP contribution is 2.37. The Kier molecular flexibility index (Phi) is 4.66. The predicted molar refractivity (Wildman–Crippen MR) is 84.5 cm³/mol. The molecule has 0 spiro atoms. The monoisotopic (exact) mass is 425 g/mol. The number of alkyl halides is 3. The van der Waals surface area contributed by atoms with Crippen molar-refractivity contribution >= 4 is 42.7 Å². The van der Waals surface area contributed by atoms with Crippen LogP contribution in [0.4, 0.5) is 13.2 Å². The molecule has 1 aromatic carbocycles. The quantitative estimate of drug-likeness (QED) is 0.421. The van der Waals surface area contributed by atoms with E-state index in [4.69, 9.17) is 0 Å². The number of Topliss-reactive ketones (excluding diaryl/α,β-unsaturated/α-hetero) is 1. The van der Waals surface area contributed by atoms with Crippen molar-refractivity contribution in [3.05, 3.63) is 33.4 Å². The number of aryl methyl sites for hydroxylation is 2. The van der Waals surface area contributed by atoms with Crippen LogP contribution < -0.4 is 4.18 Å². The lowest BCUT2D eigenvalue weighted by molar-refractivity contribution is -0.0499. The Balaban J connectivity index is 2.85. The van der Waals surface area contributed by atoms with Crippen LogP contribution in [-0.2, 0) is 10.1 Å². The van der Waals surface area contributed by atoms with Crippen LogP contribution >= 0.6 is 15.9 Å². The fourth-order valence-electron chi connectivity index (χ4n) is 2.11. The van der Waals surface area contributed by atoms with Gasteiger partial charge in [-0.1, -0.05) is 15.9 Å². The summed E-state index contributed by atoms with van der Waals surface area (Å²) < 4.78 is 65.4. The van der Waals surface area contributed by atoms with Crippen molar-refractivity contribution in [2.24, 2.45) is 0 Å². The number of rotatable bonds is 3. The molecule has 0 fully saturated rings. The second kappa shape index (κ2) is 5.99. The summed E-state index contributed by atoms with van der Waals surface area (Å²) in [6.07, 6.45) is 0. The number of aromatic nitrogens is 1. The number of hydrogen-bond acceptors (Lipinski definition) is 5. The van der Waals surface area contributed by atoms with Crippen LogP contribution in [-0.4, -0.2) is 24.7 Å². The maximum Gasteiger partial charge on any atom is 0.534 e. The molecule has 0 radical (unpaired) electrons. The van der Waals surface area contributed by atoms with Crippen molar-refractivity contribution in [3.8, 4) is 5.75 Å². The molecule has 0 aliphatic carbocycles. The molecule has 2 rings (SSSR count). The first-order valence-corrected chi connectivity index (χ1v) is 8.67. The van der Waals surface area contributed by atoms with E-state index in [-0.39, 0.29) is 16.6 Å². The Morgan fingerprint density at radius 1 is 1.25 bits per heavy atom. The van der Waals surface area contributed by atoms with Gasteiger partial charge in [-0.3, -0.25) is 4.79 Å². The molecular formula is C14H11BrF3NO4S. The third kappa shape index (κ3) is 3.25. The number of nitrogens with zero attached hydrogens (tertiary/aromatic N) is 1. The minimum absolute atomic E-state index is 0.0744. The topological polar surface area (TPSA) is 73.3 Å². The van der Waals surface area contributed by atoms with Crippen LogP contribution in [0.1, 0.15) is 28.5 Å². The molecule has 24 heavy (non-hydrogen) atoms. The number of fused-ring (bicyclic) bond motifs is 1. The van der Waals surface area contributed by atoms with E-state index in [1.807, 2.05) is 0 Å². The minimum Gasteiger partial charge on any atom is -0.375 e. The normalized spacial score (nSPS) is 12.5. The van der Waals surface area contributed by atoms with Crippen molar-refractivity contribution in [2.75, 3.05) is 0 Å². The summed E-state index contributed by atoms with van der Waals surface area (Å²) in [6, 6.07) is 2.41. The van der Waals surface area contributed by atoms with Crippen LogP contribution in [0.3, 0.4) is 0 Å². The van der Waals surface area contributed by atoms with Gasteiger partial charge in [0.1, 0.15) is 5.69 Å². The van der Waals surface area contributed by atoms with Gasteiger partial charge in [0.05, 0.1) is 5.52 Å². The standard InChI is InChI=1S/C14H11BrF3NO4S/c1-6-4-10-12(7(2)13(6)15)11(5-9(19-10)8(3)20)23-24(21,22)14(16,17)18/h4-5H,1-3H3. The smallest absolute Gasteiger partial charge is 0.375 e. The zero-order valence-corrected chi connectivity index (χ0v) is 15.1. The lowest BCUT2D eigenvalue weighted by Gasteiger charge is -2.15. The second-order valence-corrected chi connectivity index (χ2v) is 7.40. The molecule has 1 aromatic heterocycles. The minimum atomic E-state index is -5.88. The van der Waals surface area contributed by atoms with Gasteiger partial charge in [0.25, 0.3) is 0 Å². The Hall–Kier alpha value is -1.68. The summed E-state index contributed by atoms with van der Waals surface area (Å²) in [5.74, 6) is -1.13. The maximum atomic E-state index is 12.6. The van der Waals surface area contributed by atoms with Gasteiger partial charge in [0.15, 0.2) is 11.5 Å². The molecule has 0 aliphatic rings. The molecule has 130 valence electrons. The largest absolute Gasteiger partial charge is 0.534 e. The Morgan fingerprint density at radius 3 is 2.33 bits per heavy atom. The van der Waals surface area contributed by atoms with Crippen LogP contribution in [0.5, 0.6) is 5.75 Å². The molecule has 5 nitrogen and oxygen atoms in total. The zero-order valence-electron chi connectivity index (χ0n) is 12.7. The summed E-state index contributed by atoms with van der Waals surface area (Å²) in [7, 11) is -5.88. The number of pyridine rings is 1. The fraction of sp³-hybridized carbons (Fsp3) is 0.286. The first kappa shape index (κ1) is 18.7. The lowest BCUT2D eigenvalue weighted by Crippen LogP contribution is -2.28. The van der Waals surface area contributed by atoms with E-state index >= 15 is 0 Å². The van der Waals surface area contributed by atoms with Gasteiger partial charge in [-0.2, -0.15) is 21.6 Å². The molecular weight excluding hydrogens is 415 g/mol. The molecule has 0 unspecified atom stereocenters. The second-order valence-electron chi connectivity index (χ2n) is 5.07. The molecule has 0 saturated carbocycles. The van der Waals surface area contributed by atoms with Gasteiger partial charge >= 0.3 is 15.6 Å². The van der Waals surface area contributed by atoms with Gasteiger partial charge in [-0.15, -0.1) is 0 Å². The van der Waals surface area contributed by atoms with E-state index in [0.29, 0.717) is 10.0 Å². The maximum absolute atomic E-state index is 12.6. The first-order valence-electron chi connectivity index (χ1n) is 6.47. The zero-order chi connectivity index (χ0) is 18.4. The van der Waals surface area contributed by atoms with E-state index in [1.165, 1.54) is 6.07 Å². The van der Waals surface area contributed by atoms with E-state index in [9.17, 15) is 26.4 Å². The highest BCUT2D eigenvalue weighted by Gasteiger charge is 2.48. The van der Waals surface area contributed by atoms with E-state index in [0.717, 1.165) is 18.6 Å². The van der Waals surface area contributed by atoms with Crippen molar-refractivity contribution in [1.29, 1.82) is 0 Å². The van der Waals surface area contributed by atoms with Gasteiger partial charge in [-0.05, 0) is 31.0 Å². The Labute approximate surface area is 144 Å². The number of halogens is 4. The average molecular weight is 426 g/mol. The van der Waals surface area contributed by atoms with Crippen LogP contribution in [0.15, 0.2) is 16.6 Å². The number of carbonyl (C=O) groups excluding carboxylic acids is 1. The Bertz CT molecular complexity index is 955. The van der Waals surface area contributed by atoms with Gasteiger partial charge in [0, 0.05) is 22.8 Å². The SMILES string of the molecule is CC(=O)c1cc(OS(=O)(=O)C(F)(F)F)c2c(C)c(Br)c(C)cc2n1. The van der Waals surface area contributed by atoms with Crippen LogP contribution in [0.25, 0.3) is 10.9 Å². The van der Waals surface area contributed by atoms with Gasteiger partial charge in [0.2, 0.25) is 0 Å². The molecule has 1 heterocycles. The van der Waals surface area contributed by atoms with Gasteiger partial charge in [-0.25, -0.2) is 4.98 Å². The number of ketones is 1. The highest BCUT2D eigenvalue weighted by atomic mass is 79.9. The van der Waals surface area contributed by atoms with Crippen molar-refractivity contribution < 1.29 is 30.6 Å². The molecule has 0 amide bonds. The Morgan fingerprint density at radius 2 is 1.83 bits per heavy atom. The molecule has 0 saturated heterocycles. The van der Waals surface area contributed by atoms with Crippen molar-refractivity contribution in [2.45, 2.75) is 26.3 Å². The first-order chi connectivity index (χ1) is 10.8. The number of carbonyl (C=O) groups is 1. The van der Waals surface area contributed by atoms with E-state index in [1.54, 1.807) is 13.8 Å². The van der Waals surface area contributed by atoms with Gasteiger partial charge < -0.3 is 4.18 Å². The predicted octanol–water partition coefficient (Wildman–Crippen LogP) is 4.05. The van der Waals surface area contributed by atoms with Crippen LogP contribution in [0.2, 0.25) is 0 Å². The summed E-state index contributed by atoms with van der Waals surface area (Å²) >= 11 is 3.28. The summed E-state index contributed by atoms with van der Waals surface area (Å²) in [5, 5.41) is 0.0744. The third-order valence-corrected chi connectivity index (χ3v) is 5.44. The molecule has 0 aliphatic heterocycles. The highest BCUT2D eigenvalue weighted by molar-refractivity contribution is 9.10. The average Bonchev–Trinajstić information content (AvgIpc) is 2.42. The van der Waals surface area contributed by atoms with Crippen molar-refractivity contribution in [1.82, 2.24) is 4.98 Å². The molecule has 2 aromatic rings. The summed E-state index contributed by atoms with van der Waals surface area (Å²) in [5.41, 5.74) is -4.46. The molecule has 10 heteroatoms. The van der Waals surface area contributed by atoms with E-state index < -0.39 is 27.2 Å². The third-order valence-electron chi connectivity index (χ3n) is 3.26. The summed E-state index contributed by atoms with van der Waals surface area (Å²) in [6.45, 7) is 4.46.